The van der Waals surface area contributed by atoms with Gasteiger partial charge in [0.1, 0.15) is 11.5 Å². The van der Waals surface area contributed by atoms with Crippen molar-refractivity contribution in [2.75, 3.05) is 26.2 Å². The van der Waals surface area contributed by atoms with Crippen LogP contribution in [0, 0.1) is 12.7 Å². The van der Waals surface area contributed by atoms with E-state index < -0.39 is 5.82 Å². The van der Waals surface area contributed by atoms with Gasteiger partial charge >= 0.3 is 0 Å². The van der Waals surface area contributed by atoms with Crippen molar-refractivity contribution < 1.29 is 14.0 Å². The SMILES string of the molecule is CC(=O)N1CCN(C(=O)c2cnn(-c3ccccc3F)c2C)CC1. The number of rotatable bonds is 2. The summed E-state index contributed by atoms with van der Waals surface area (Å²) in [6.45, 7) is 5.31. The number of para-hydroxylation sites is 1. The van der Waals surface area contributed by atoms with Gasteiger partial charge in [0.25, 0.3) is 5.91 Å². The van der Waals surface area contributed by atoms with Gasteiger partial charge in [0.15, 0.2) is 0 Å². The molecule has 0 aliphatic carbocycles. The highest BCUT2D eigenvalue weighted by atomic mass is 19.1. The molecule has 0 bridgehead atoms. The maximum Gasteiger partial charge on any atom is 0.257 e. The Labute approximate surface area is 139 Å². The second-order valence-electron chi connectivity index (χ2n) is 5.81. The fraction of sp³-hybridized carbons (Fsp3) is 0.353. The van der Waals surface area contributed by atoms with Gasteiger partial charge in [-0.2, -0.15) is 5.10 Å². The van der Waals surface area contributed by atoms with E-state index >= 15 is 0 Å². The molecule has 0 radical (unpaired) electrons. The number of nitrogens with zero attached hydrogens (tertiary/aromatic N) is 4. The van der Waals surface area contributed by atoms with Crippen LogP contribution in [0.3, 0.4) is 0 Å². The summed E-state index contributed by atoms with van der Waals surface area (Å²) in [5.41, 5.74) is 1.36. The molecule has 1 fully saturated rings. The third-order valence-corrected chi connectivity index (χ3v) is 4.33. The highest BCUT2D eigenvalue weighted by Crippen LogP contribution is 2.19. The molecule has 1 aliphatic heterocycles. The van der Waals surface area contributed by atoms with E-state index in [-0.39, 0.29) is 11.8 Å². The summed E-state index contributed by atoms with van der Waals surface area (Å²) in [5, 5.41) is 4.17. The number of amides is 2. The zero-order valence-corrected chi connectivity index (χ0v) is 13.7. The minimum Gasteiger partial charge on any atom is -0.339 e. The molecule has 2 heterocycles. The van der Waals surface area contributed by atoms with Crippen molar-refractivity contribution in [2.24, 2.45) is 0 Å². The Morgan fingerprint density at radius 2 is 1.71 bits per heavy atom. The number of hydrogen-bond acceptors (Lipinski definition) is 3. The Morgan fingerprint density at radius 3 is 2.33 bits per heavy atom. The summed E-state index contributed by atoms with van der Waals surface area (Å²) >= 11 is 0. The molecule has 1 aromatic carbocycles. The van der Waals surface area contributed by atoms with Crippen LogP contribution in [0.2, 0.25) is 0 Å². The topological polar surface area (TPSA) is 58.4 Å². The lowest BCUT2D eigenvalue weighted by Gasteiger charge is -2.34. The second kappa shape index (κ2) is 6.43. The van der Waals surface area contributed by atoms with E-state index in [2.05, 4.69) is 5.10 Å². The van der Waals surface area contributed by atoms with Gasteiger partial charge in [-0.3, -0.25) is 9.59 Å². The highest BCUT2D eigenvalue weighted by molar-refractivity contribution is 5.95. The monoisotopic (exact) mass is 330 g/mol. The van der Waals surface area contributed by atoms with Gasteiger partial charge in [-0.25, -0.2) is 9.07 Å². The summed E-state index contributed by atoms with van der Waals surface area (Å²) in [6.07, 6.45) is 1.47. The van der Waals surface area contributed by atoms with Gasteiger partial charge in [0.05, 0.1) is 17.5 Å². The van der Waals surface area contributed by atoms with E-state index in [9.17, 15) is 14.0 Å². The van der Waals surface area contributed by atoms with Crippen LogP contribution in [0.4, 0.5) is 4.39 Å². The molecule has 1 aliphatic rings. The van der Waals surface area contributed by atoms with Gasteiger partial charge in [-0.15, -0.1) is 0 Å². The van der Waals surface area contributed by atoms with E-state index in [1.54, 1.807) is 34.9 Å². The van der Waals surface area contributed by atoms with E-state index in [0.29, 0.717) is 43.1 Å². The third-order valence-electron chi connectivity index (χ3n) is 4.33. The fourth-order valence-electron chi connectivity index (χ4n) is 2.88. The van der Waals surface area contributed by atoms with Crippen molar-refractivity contribution >= 4 is 11.8 Å². The van der Waals surface area contributed by atoms with Gasteiger partial charge in [-0.05, 0) is 19.1 Å². The van der Waals surface area contributed by atoms with Gasteiger partial charge in [0.2, 0.25) is 5.91 Å². The molecule has 1 aromatic heterocycles. The largest absolute Gasteiger partial charge is 0.339 e. The first-order valence-corrected chi connectivity index (χ1v) is 7.83. The molecule has 6 nitrogen and oxygen atoms in total. The second-order valence-corrected chi connectivity index (χ2v) is 5.81. The Morgan fingerprint density at radius 1 is 1.08 bits per heavy atom. The number of piperazine rings is 1. The molecular weight excluding hydrogens is 311 g/mol. The maximum atomic E-state index is 13.9. The molecule has 0 saturated carbocycles. The van der Waals surface area contributed by atoms with Crippen LogP contribution in [0.5, 0.6) is 0 Å². The predicted octanol–water partition coefficient (Wildman–Crippen LogP) is 1.62. The predicted molar refractivity (Wildman–Crippen MR) is 86.4 cm³/mol. The third kappa shape index (κ3) is 2.89. The lowest BCUT2D eigenvalue weighted by atomic mass is 10.2. The van der Waals surface area contributed by atoms with Gasteiger partial charge in [-0.1, -0.05) is 12.1 Å². The summed E-state index contributed by atoms with van der Waals surface area (Å²) in [4.78, 5) is 27.5. The average molecular weight is 330 g/mol. The first-order valence-electron chi connectivity index (χ1n) is 7.83. The maximum absolute atomic E-state index is 13.9. The van der Waals surface area contributed by atoms with E-state index in [1.807, 2.05) is 0 Å². The Balaban J connectivity index is 1.80. The van der Waals surface area contributed by atoms with Crippen molar-refractivity contribution in [3.05, 3.63) is 47.5 Å². The van der Waals surface area contributed by atoms with Crippen molar-refractivity contribution in [1.82, 2.24) is 19.6 Å². The Bertz CT molecular complexity index is 779. The molecule has 7 heteroatoms. The summed E-state index contributed by atoms with van der Waals surface area (Å²) in [6, 6.07) is 6.31. The number of halogens is 1. The van der Waals surface area contributed by atoms with Crippen molar-refractivity contribution in [3.8, 4) is 5.69 Å². The first-order chi connectivity index (χ1) is 11.5. The van der Waals surface area contributed by atoms with Crippen molar-refractivity contribution in [2.45, 2.75) is 13.8 Å². The van der Waals surface area contributed by atoms with Crippen molar-refractivity contribution in [1.29, 1.82) is 0 Å². The molecule has 126 valence electrons. The zero-order chi connectivity index (χ0) is 17.3. The quantitative estimate of drug-likeness (QED) is 0.841. The smallest absolute Gasteiger partial charge is 0.257 e. The minimum absolute atomic E-state index is 0.0191. The summed E-state index contributed by atoms with van der Waals surface area (Å²) in [5.74, 6) is -0.512. The van der Waals surface area contributed by atoms with Crippen LogP contribution in [-0.4, -0.2) is 57.6 Å². The number of hydrogen-bond donors (Lipinski definition) is 0. The number of carbonyl (C=O) groups excluding carboxylic acids is 2. The van der Waals surface area contributed by atoms with E-state index in [0.717, 1.165) is 0 Å². The molecule has 1 saturated heterocycles. The molecule has 0 N–H and O–H groups in total. The van der Waals surface area contributed by atoms with Crippen molar-refractivity contribution in [3.63, 3.8) is 0 Å². The van der Waals surface area contributed by atoms with Crippen LogP contribution in [0.15, 0.2) is 30.5 Å². The van der Waals surface area contributed by atoms with Crippen LogP contribution < -0.4 is 0 Å². The van der Waals surface area contributed by atoms with E-state index in [4.69, 9.17) is 0 Å². The molecule has 2 aromatic rings. The number of aromatic nitrogens is 2. The van der Waals surface area contributed by atoms with E-state index in [1.165, 1.54) is 23.9 Å². The lowest BCUT2D eigenvalue weighted by Crippen LogP contribution is -2.50. The first kappa shape index (κ1) is 16.2. The number of benzene rings is 1. The highest BCUT2D eigenvalue weighted by Gasteiger charge is 2.26. The van der Waals surface area contributed by atoms with Crippen LogP contribution in [0.25, 0.3) is 5.69 Å². The fourth-order valence-corrected chi connectivity index (χ4v) is 2.88. The molecule has 24 heavy (non-hydrogen) atoms. The zero-order valence-electron chi connectivity index (χ0n) is 13.7. The van der Waals surface area contributed by atoms with Gasteiger partial charge in [0, 0.05) is 33.1 Å². The summed E-state index contributed by atoms with van der Waals surface area (Å²) < 4.78 is 15.4. The van der Waals surface area contributed by atoms with Gasteiger partial charge < -0.3 is 9.80 Å². The molecule has 0 unspecified atom stereocenters. The standard InChI is InChI=1S/C17H19FN4O2/c1-12-14(11-19-22(12)16-6-4-3-5-15(16)18)17(24)21-9-7-20(8-10-21)13(2)23/h3-6,11H,7-10H2,1-2H3. The van der Waals surface area contributed by atoms with Crippen LogP contribution in [0.1, 0.15) is 23.0 Å². The molecular formula is C17H19FN4O2. The van der Waals surface area contributed by atoms with Crippen LogP contribution in [-0.2, 0) is 4.79 Å². The normalized spacial score (nSPS) is 14.8. The average Bonchev–Trinajstić information content (AvgIpc) is 2.96. The minimum atomic E-state index is -0.391. The summed E-state index contributed by atoms with van der Waals surface area (Å²) in [7, 11) is 0. The van der Waals surface area contributed by atoms with Crippen LogP contribution >= 0.6 is 0 Å². The molecule has 0 spiro atoms. The molecule has 3 rings (SSSR count). The molecule has 0 atom stereocenters. The lowest BCUT2D eigenvalue weighted by molar-refractivity contribution is -0.130. The Kier molecular flexibility index (Phi) is 4.33. The Hall–Kier alpha value is -2.70. The number of carbonyl (C=O) groups is 2. The molecule has 2 amide bonds.